The van der Waals surface area contributed by atoms with Crippen LogP contribution < -0.4 is 5.32 Å². The minimum Gasteiger partial charge on any atom is -0.481 e. The lowest BCUT2D eigenvalue weighted by atomic mass is 10.0. The Morgan fingerprint density at radius 1 is 1.31 bits per heavy atom. The van der Waals surface area contributed by atoms with Gasteiger partial charge in [0, 0.05) is 12.5 Å². The van der Waals surface area contributed by atoms with Gasteiger partial charge in [0.2, 0.25) is 0 Å². The van der Waals surface area contributed by atoms with Gasteiger partial charge in [0.25, 0.3) is 0 Å². The van der Waals surface area contributed by atoms with E-state index in [2.05, 4.69) is 12.2 Å². The number of hydrogen-bond acceptors (Lipinski definition) is 2. The van der Waals surface area contributed by atoms with Crippen LogP contribution in [-0.4, -0.2) is 23.7 Å². The van der Waals surface area contributed by atoms with E-state index in [0.29, 0.717) is 18.4 Å². The molecule has 0 aliphatic heterocycles. The SMILES string of the molecule is CC(CCC(=O)O)CNC1CCCCCC1. The number of rotatable bonds is 6. The normalized spacial score (nSPS) is 20.3. The van der Waals surface area contributed by atoms with E-state index in [1.165, 1.54) is 38.5 Å². The van der Waals surface area contributed by atoms with E-state index in [0.717, 1.165) is 13.0 Å². The molecule has 0 aromatic rings. The molecule has 2 N–H and O–H groups in total. The Morgan fingerprint density at radius 2 is 1.94 bits per heavy atom. The molecular weight excluding hydrogens is 202 g/mol. The fraction of sp³-hybridized carbons (Fsp3) is 0.923. The molecule has 0 saturated heterocycles. The Hall–Kier alpha value is -0.570. The number of carbonyl (C=O) groups is 1. The molecule has 1 aliphatic carbocycles. The molecule has 3 nitrogen and oxygen atoms in total. The molecule has 0 aromatic carbocycles. The van der Waals surface area contributed by atoms with Gasteiger partial charge in [-0.1, -0.05) is 32.6 Å². The monoisotopic (exact) mass is 227 g/mol. The highest BCUT2D eigenvalue weighted by molar-refractivity contribution is 5.66. The van der Waals surface area contributed by atoms with E-state index < -0.39 is 5.97 Å². The Bertz CT molecular complexity index is 198. The third-order valence-corrected chi connectivity index (χ3v) is 3.46. The quantitative estimate of drug-likeness (QED) is 0.686. The molecule has 94 valence electrons. The average molecular weight is 227 g/mol. The maximum atomic E-state index is 10.4. The van der Waals surface area contributed by atoms with Crippen LogP contribution in [0.4, 0.5) is 0 Å². The number of carboxylic acids is 1. The minimum atomic E-state index is -0.679. The molecule has 1 saturated carbocycles. The summed E-state index contributed by atoms with van der Waals surface area (Å²) in [7, 11) is 0. The number of aliphatic carboxylic acids is 1. The number of carboxylic acid groups (broad SMARTS) is 1. The molecule has 1 fully saturated rings. The molecule has 3 heteroatoms. The van der Waals surface area contributed by atoms with Crippen LogP contribution in [0.5, 0.6) is 0 Å². The molecule has 0 radical (unpaired) electrons. The first-order valence-electron chi connectivity index (χ1n) is 6.63. The number of nitrogens with one attached hydrogen (secondary N) is 1. The van der Waals surface area contributed by atoms with Gasteiger partial charge in [-0.25, -0.2) is 0 Å². The molecule has 1 atom stereocenters. The van der Waals surface area contributed by atoms with Crippen molar-refractivity contribution in [3.63, 3.8) is 0 Å². The van der Waals surface area contributed by atoms with E-state index in [4.69, 9.17) is 5.11 Å². The third kappa shape index (κ3) is 6.11. The van der Waals surface area contributed by atoms with Crippen molar-refractivity contribution in [3.8, 4) is 0 Å². The van der Waals surface area contributed by atoms with Gasteiger partial charge in [-0.2, -0.15) is 0 Å². The molecular formula is C13H25NO2. The number of hydrogen-bond donors (Lipinski definition) is 2. The topological polar surface area (TPSA) is 49.3 Å². The minimum absolute atomic E-state index is 0.299. The van der Waals surface area contributed by atoms with Crippen LogP contribution in [0.3, 0.4) is 0 Å². The summed E-state index contributed by atoms with van der Waals surface area (Å²) < 4.78 is 0. The molecule has 0 bridgehead atoms. The van der Waals surface area contributed by atoms with Gasteiger partial charge in [-0.3, -0.25) is 4.79 Å². The van der Waals surface area contributed by atoms with Crippen LogP contribution in [0.15, 0.2) is 0 Å². The first-order valence-corrected chi connectivity index (χ1v) is 6.63. The van der Waals surface area contributed by atoms with E-state index in [1.807, 2.05) is 0 Å². The van der Waals surface area contributed by atoms with E-state index >= 15 is 0 Å². The van der Waals surface area contributed by atoms with Crippen molar-refractivity contribution in [1.82, 2.24) is 5.32 Å². The summed E-state index contributed by atoms with van der Waals surface area (Å²) in [6.07, 6.45) is 9.14. The van der Waals surface area contributed by atoms with Crippen LogP contribution in [0, 0.1) is 5.92 Å². The second-order valence-corrected chi connectivity index (χ2v) is 5.13. The fourth-order valence-electron chi connectivity index (χ4n) is 2.32. The maximum Gasteiger partial charge on any atom is 0.303 e. The lowest BCUT2D eigenvalue weighted by molar-refractivity contribution is -0.137. The van der Waals surface area contributed by atoms with Gasteiger partial charge in [0.05, 0.1) is 0 Å². The summed E-state index contributed by atoms with van der Waals surface area (Å²) in [6.45, 7) is 3.10. The fourth-order valence-corrected chi connectivity index (χ4v) is 2.32. The second-order valence-electron chi connectivity index (χ2n) is 5.13. The first-order chi connectivity index (χ1) is 7.68. The zero-order chi connectivity index (χ0) is 11.8. The molecule has 1 aliphatic rings. The summed E-state index contributed by atoms with van der Waals surface area (Å²) in [6, 6.07) is 0.676. The maximum absolute atomic E-state index is 10.4. The standard InChI is InChI=1S/C13H25NO2/c1-11(8-9-13(15)16)10-14-12-6-4-2-3-5-7-12/h11-12,14H,2-10H2,1H3,(H,15,16). The van der Waals surface area contributed by atoms with Crippen LogP contribution in [-0.2, 0) is 4.79 Å². The van der Waals surface area contributed by atoms with Gasteiger partial charge in [-0.15, -0.1) is 0 Å². The highest BCUT2D eigenvalue weighted by Gasteiger charge is 2.13. The molecule has 0 amide bonds. The zero-order valence-electron chi connectivity index (χ0n) is 10.4. The van der Waals surface area contributed by atoms with Gasteiger partial charge in [0.1, 0.15) is 0 Å². The molecule has 16 heavy (non-hydrogen) atoms. The van der Waals surface area contributed by atoms with Crippen molar-refractivity contribution >= 4 is 5.97 Å². The van der Waals surface area contributed by atoms with Crippen molar-refractivity contribution < 1.29 is 9.90 Å². The lowest BCUT2D eigenvalue weighted by Crippen LogP contribution is -2.32. The summed E-state index contributed by atoms with van der Waals surface area (Å²) in [4.78, 5) is 10.4. The predicted octanol–water partition coefficient (Wildman–Crippen LogP) is 2.80. The van der Waals surface area contributed by atoms with Crippen molar-refractivity contribution in [1.29, 1.82) is 0 Å². The molecule has 0 aromatic heterocycles. The Morgan fingerprint density at radius 3 is 2.50 bits per heavy atom. The Kier molecular flexibility index (Phi) is 6.46. The Balaban J connectivity index is 2.09. The first kappa shape index (κ1) is 13.5. The molecule has 1 unspecified atom stereocenters. The van der Waals surface area contributed by atoms with Crippen molar-refractivity contribution in [3.05, 3.63) is 0 Å². The van der Waals surface area contributed by atoms with Gasteiger partial charge < -0.3 is 10.4 Å². The van der Waals surface area contributed by atoms with Gasteiger partial charge in [-0.05, 0) is 31.7 Å². The summed E-state index contributed by atoms with van der Waals surface area (Å²) in [5.41, 5.74) is 0. The largest absolute Gasteiger partial charge is 0.481 e. The van der Waals surface area contributed by atoms with Gasteiger partial charge >= 0.3 is 5.97 Å². The van der Waals surface area contributed by atoms with E-state index in [-0.39, 0.29) is 0 Å². The van der Waals surface area contributed by atoms with Crippen molar-refractivity contribution in [2.75, 3.05) is 6.54 Å². The highest BCUT2D eigenvalue weighted by atomic mass is 16.4. The zero-order valence-corrected chi connectivity index (χ0v) is 10.4. The van der Waals surface area contributed by atoms with Crippen molar-refractivity contribution in [2.45, 2.75) is 64.3 Å². The van der Waals surface area contributed by atoms with Crippen LogP contribution in [0.2, 0.25) is 0 Å². The summed E-state index contributed by atoms with van der Waals surface area (Å²) >= 11 is 0. The summed E-state index contributed by atoms with van der Waals surface area (Å²) in [5.74, 6) is -0.208. The second kappa shape index (κ2) is 7.66. The molecule has 1 rings (SSSR count). The van der Waals surface area contributed by atoms with Crippen LogP contribution in [0.25, 0.3) is 0 Å². The average Bonchev–Trinajstić information content (AvgIpc) is 2.51. The smallest absolute Gasteiger partial charge is 0.303 e. The predicted molar refractivity (Wildman–Crippen MR) is 65.5 cm³/mol. The van der Waals surface area contributed by atoms with Gasteiger partial charge in [0.15, 0.2) is 0 Å². The van der Waals surface area contributed by atoms with Crippen LogP contribution in [0.1, 0.15) is 58.3 Å². The van der Waals surface area contributed by atoms with Crippen LogP contribution >= 0.6 is 0 Å². The van der Waals surface area contributed by atoms with Crippen molar-refractivity contribution in [2.24, 2.45) is 5.92 Å². The van der Waals surface area contributed by atoms with E-state index in [9.17, 15) is 4.79 Å². The molecule has 0 spiro atoms. The lowest BCUT2D eigenvalue weighted by Gasteiger charge is -2.19. The molecule has 0 heterocycles. The summed E-state index contributed by atoms with van der Waals surface area (Å²) in [5, 5.41) is 12.2. The Labute approximate surface area is 98.6 Å². The van der Waals surface area contributed by atoms with E-state index in [1.54, 1.807) is 0 Å². The third-order valence-electron chi connectivity index (χ3n) is 3.46. The highest BCUT2D eigenvalue weighted by Crippen LogP contribution is 2.17.